The van der Waals surface area contributed by atoms with Gasteiger partial charge in [-0.3, -0.25) is 4.99 Å². The van der Waals surface area contributed by atoms with Crippen LogP contribution in [0.4, 0.5) is 5.13 Å². The number of anilines is 1. The van der Waals surface area contributed by atoms with Gasteiger partial charge in [-0.15, -0.1) is 22.9 Å². The summed E-state index contributed by atoms with van der Waals surface area (Å²) in [5, 5.41) is 5.57. The number of thiazole rings is 1. The third kappa shape index (κ3) is 4.48. The van der Waals surface area contributed by atoms with Gasteiger partial charge in [0.05, 0.1) is 11.6 Å². The van der Waals surface area contributed by atoms with Crippen LogP contribution in [0.5, 0.6) is 0 Å². The Balaban J connectivity index is 2.43. The van der Waals surface area contributed by atoms with Gasteiger partial charge in [-0.05, 0) is 6.42 Å². The normalized spacial score (nSPS) is 11.7. The maximum absolute atomic E-state index is 5.67. The zero-order valence-electron chi connectivity index (χ0n) is 8.66. The van der Waals surface area contributed by atoms with E-state index in [1.54, 1.807) is 0 Å². The Morgan fingerprint density at radius 2 is 2.53 bits per heavy atom. The van der Waals surface area contributed by atoms with E-state index < -0.39 is 0 Å². The molecule has 0 bridgehead atoms. The lowest BCUT2D eigenvalue weighted by molar-refractivity contribution is 0.807. The number of halogens is 1. The van der Waals surface area contributed by atoms with Gasteiger partial charge in [-0.1, -0.05) is 13.3 Å². The number of nitrogens with one attached hydrogen (secondary N) is 1. The molecule has 0 atom stereocenters. The number of unbranched alkanes of at least 4 members (excludes halogenated alkanes) is 1. The Kier molecular flexibility index (Phi) is 5.42. The Bertz CT molecular complexity index is 324. The van der Waals surface area contributed by atoms with Crippen molar-refractivity contribution < 1.29 is 0 Å². The summed E-state index contributed by atoms with van der Waals surface area (Å²) in [6, 6.07) is 0. The zero-order valence-corrected chi connectivity index (χ0v) is 10.2. The van der Waals surface area contributed by atoms with E-state index >= 15 is 0 Å². The number of guanidine groups is 1. The van der Waals surface area contributed by atoms with Gasteiger partial charge in [-0.2, -0.15) is 0 Å². The minimum atomic E-state index is 0.416. The molecule has 15 heavy (non-hydrogen) atoms. The van der Waals surface area contributed by atoms with Crippen LogP contribution in [0.2, 0.25) is 0 Å². The summed E-state index contributed by atoms with van der Waals surface area (Å²) in [4.78, 5) is 8.37. The van der Waals surface area contributed by atoms with Crippen LogP contribution < -0.4 is 11.1 Å². The number of hydrogen-bond acceptors (Lipinski definition) is 3. The first-order valence-corrected chi connectivity index (χ1v) is 6.25. The van der Waals surface area contributed by atoms with E-state index in [9.17, 15) is 0 Å². The lowest BCUT2D eigenvalue weighted by Crippen LogP contribution is -2.22. The van der Waals surface area contributed by atoms with E-state index in [0.29, 0.717) is 11.8 Å². The Morgan fingerprint density at radius 1 is 1.73 bits per heavy atom. The molecule has 0 unspecified atom stereocenters. The van der Waals surface area contributed by atoms with Crippen molar-refractivity contribution in [3.05, 3.63) is 11.1 Å². The van der Waals surface area contributed by atoms with Gasteiger partial charge in [0.1, 0.15) is 0 Å². The lowest BCUT2D eigenvalue weighted by Gasteiger charge is -2.00. The number of aliphatic imine (C=N–C) groups is 1. The number of aromatic nitrogens is 1. The van der Waals surface area contributed by atoms with Gasteiger partial charge < -0.3 is 11.1 Å². The minimum absolute atomic E-state index is 0.416. The molecule has 1 heterocycles. The standard InChI is InChI=1S/C9H15ClN4S/c1-2-3-4-12-8(11)14-9-13-7(5-10)6-15-9/h6H,2-5H2,1H3,(H3,11,12,13,14). The first-order chi connectivity index (χ1) is 7.26. The van der Waals surface area contributed by atoms with Crippen molar-refractivity contribution in [2.45, 2.75) is 25.6 Å². The summed E-state index contributed by atoms with van der Waals surface area (Å²) in [5.74, 6) is 0.837. The summed E-state index contributed by atoms with van der Waals surface area (Å²) in [6.45, 7) is 2.87. The van der Waals surface area contributed by atoms with Gasteiger partial charge in [0.15, 0.2) is 11.1 Å². The molecule has 0 spiro atoms. The Labute approximate surface area is 98.6 Å². The minimum Gasteiger partial charge on any atom is -0.370 e. The molecule has 1 aromatic heterocycles. The topological polar surface area (TPSA) is 63.3 Å². The molecule has 0 fully saturated rings. The first kappa shape index (κ1) is 12.3. The van der Waals surface area contributed by atoms with Gasteiger partial charge in [0.25, 0.3) is 0 Å². The summed E-state index contributed by atoms with van der Waals surface area (Å²) >= 11 is 7.11. The maximum Gasteiger partial charge on any atom is 0.194 e. The van der Waals surface area contributed by atoms with E-state index in [2.05, 4.69) is 22.2 Å². The molecule has 1 aromatic rings. The van der Waals surface area contributed by atoms with Gasteiger partial charge >= 0.3 is 0 Å². The van der Waals surface area contributed by atoms with Crippen molar-refractivity contribution in [3.63, 3.8) is 0 Å². The molecular weight excluding hydrogens is 232 g/mol. The quantitative estimate of drug-likeness (QED) is 0.363. The van der Waals surface area contributed by atoms with Crippen LogP contribution in [-0.2, 0) is 5.88 Å². The second-order valence-electron chi connectivity index (χ2n) is 3.02. The van der Waals surface area contributed by atoms with Crippen molar-refractivity contribution in [2.75, 3.05) is 11.9 Å². The summed E-state index contributed by atoms with van der Waals surface area (Å²) in [7, 11) is 0. The number of alkyl halides is 1. The van der Waals surface area contributed by atoms with Crippen molar-refractivity contribution in [1.29, 1.82) is 0 Å². The summed E-state index contributed by atoms with van der Waals surface area (Å²) in [6.07, 6.45) is 2.16. The van der Waals surface area contributed by atoms with Crippen LogP contribution in [0.15, 0.2) is 10.4 Å². The number of nitrogens with two attached hydrogens (primary N) is 1. The number of rotatable bonds is 5. The number of nitrogens with zero attached hydrogens (tertiary/aromatic N) is 2. The van der Waals surface area contributed by atoms with Crippen LogP contribution in [-0.4, -0.2) is 17.5 Å². The predicted molar refractivity (Wildman–Crippen MR) is 66.7 cm³/mol. The first-order valence-electron chi connectivity index (χ1n) is 4.83. The van der Waals surface area contributed by atoms with Crippen molar-refractivity contribution in [3.8, 4) is 0 Å². The molecule has 0 aliphatic carbocycles. The highest BCUT2D eigenvalue weighted by atomic mass is 35.5. The van der Waals surface area contributed by atoms with E-state index in [4.69, 9.17) is 17.3 Å². The molecule has 0 aliphatic rings. The molecule has 0 saturated carbocycles. The Hall–Kier alpha value is -0.810. The SMILES string of the molecule is CCCCN=C(N)Nc1nc(CCl)cs1. The van der Waals surface area contributed by atoms with Crippen molar-refractivity contribution in [1.82, 2.24) is 4.98 Å². The van der Waals surface area contributed by atoms with E-state index in [1.165, 1.54) is 11.3 Å². The molecule has 84 valence electrons. The highest BCUT2D eigenvalue weighted by molar-refractivity contribution is 7.13. The fourth-order valence-electron chi connectivity index (χ4n) is 0.932. The van der Waals surface area contributed by atoms with E-state index in [0.717, 1.165) is 30.2 Å². The fraction of sp³-hybridized carbons (Fsp3) is 0.556. The predicted octanol–water partition coefficient (Wildman–Crippen LogP) is 2.41. The summed E-state index contributed by atoms with van der Waals surface area (Å²) < 4.78 is 0. The highest BCUT2D eigenvalue weighted by Gasteiger charge is 2.01. The van der Waals surface area contributed by atoms with Crippen LogP contribution in [0.25, 0.3) is 0 Å². The van der Waals surface area contributed by atoms with Crippen molar-refractivity contribution in [2.24, 2.45) is 10.7 Å². The molecule has 0 amide bonds. The molecular formula is C9H15ClN4S. The fourth-order valence-corrected chi connectivity index (χ4v) is 1.88. The molecule has 0 radical (unpaired) electrons. The molecule has 3 N–H and O–H groups in total. The average Bonchev–Trinajstić information content (AvgIpc) is 2.66. The third-order valence-corrected chi connectivity index (χ3v) is 2.80. The largest absolute Gasteiger partial charge is 0.370 e. The van der Waals surface area contributed by atoms with Gasteiger partial charge in [0.2, 0.25) is 0 Å². The highest BCUT2D eigenvalue weighted by Crippen LogP contribution is 2.16. The Morgan fingerprint density at radius 3 is 3.13 bits per heavy atom. The zero-order chi connectivity index (χ0) is 11.1. The smallest absolute Gasteiger partial charge is 0.194 e. The molecule has 0 aromatic carbocycles. The van der Waals surface area contributed by atoms with Crippen molar-refractivity contribution >= 4 is 34.0 Å². The molecule has 0 saturated heterocycles. The van der Waals surface area contributed by atoms with E-state index in [-0.39, 0.29) is 0 Å². The monoisotopic (exact) mass is 246 g/mol. The van der Waals surface area contributed by atoms with Crippen LogP contribution >= 0.6 is 22.9 Å². The third-order valence-electron chi connectivity index (χ3n) is 1.72. The number of hydrogen-bond donors (Lipinski definition) is 2. The summed E-state index contributed by atoms with van der Waals surface area (Å²) in [5.41, 5.74) is 6.52. The van der Waals surface area contributed by atoms with Crippen LogP contribution in [0, 0.1) is 0 Å². The van der Waals surface area contributed by atoms with Crippen LogP contribution in [0.3, 0.4) is 0 Å². The molecule has 1 rings (SSSR count). The average molecular weight is 247 g/mol. The second-order valence-corrected chi connectivity index (χ2v) is 4.15. The molecule has 4 nitrogen and oxygen atoms in total. The van der Waals surface area contributed by atoms with Gasteiger partial charge in [-0.25, -0.2) is 4.98 Å². The lowest BCUT2D eigenvalue weighted by atomic mass is 10.3. The van der Waals surface area contributed by atoms with Crippen LogP contribution in [0.1, 0.15) is 25.5 Å². The maximum atomic E-state index is 5.67. The van der Waals surface area contributed by atoms with E-state index in [1.807, 2.05) is 5.38 Å². The molecule has 6 heteroatoms. The van der Waals surface area contributed by atoms with Gasteiger partial charge in [0, 0.05) is 11.9 Å². The molecule has 0 aliphatic heterocycles. The second kappa shape index (κ2) is 6.63.